The first-order valence-corrected chi connectivity index (χ1v) is 8.18. The van der Waals surface area contributed by atoms with Gasteiger partial charge in [-0.3, -0.25) is 5.32 Å². The maximum atomic E-state index is 12.2. The minimum atomic E-state index is -0.385. The van der Waals surface area contributed by atoms with Gasteiger partial charge in [-0.1, -0.05) is 17.9 Å². The van der Waals surface area contributed by atoms with Crippen LogP contribution in [0.15, 0.2) is 48.8 Å². The van der Waals surface area contributed by atoms with Crippen LogP contribution in [-0.2, 0) is 0 Å². The van der Waals surface area contributed by atoms with E-state index in [9.17, 15) is 4.79 Å². The number of anilines is 4. The van der Waals surface area contributed by atoms with E-state index in [1.54, 1.807) is 24.3 Å². The van der Waals surface area contributed by atoms with Gasteiger partial charge in [0.1, 0.15) is 5.82 Å². The highest BCUT2D eigenvalue weighted by molar-refractivity contribution is 7.22. The van der Waals surface area contributed by atoms with Gasteiger partial charge < -0.3 is 16.0 Å². The van der Waals surface area contributed by atoms with Crippen molar-refractivity contribution < 1.29 is 4.79 Å². The second-order valence-electron chi connectivity index (χ2n) is 5.38. The maximum Gasteiger partial charge on any atom is 0.325 e. The summed E-state index contributed by atoms with van der Waals surface area (Å²) in [7, 11) is 0. The van der Waals surface area contributed by atoms with Crippen LogP contribution in [0, 0.1) is 11.3 Å². The first kappa shape index (κ1) is 15.0. The first-order valence-electron chi connectivity index (χ1n) is 7.36. The van der Waals surface area contributed by atoms with Crippen LogP contribution >= 0.6 is 11.3 Å². The summed E-state index contributed by atoms with van der Waals surface area (Å²) in [6.07, 6.45) is 0. The average molecular weight is 348 g/mol. The quantitative estimate of drug-likeness (QED) is 0.558. The van der Waals surface area contributed by atoms with Gasteiger partial charge in [0, 0.05) is 5.69 Å². The van der Waals surface area contributed by atoms with Gasteiger partial charge in [0.05, 0.1) is 33.2 Å². The normalized spacial score (nSPS) is 12.0. The van der Waals surface area contributed by atoms with Gasteiger partial charge in [0.25, 0.3) is 0 Å². The van der Waals surface area contributed by atoms with E-state index < -0.39 is 0 Å². The predicted molar refractivity (Wildman–Crippen MR) is 99.8 cm³/mol. The molecular weight excluding hydrogens is 336 g/mol. The second kappa shape index (κ2) is 5.81. The van der Waals surface area contributed by atoms with Crippen molar-refractivity contribution in [1.29, 1.82) is 5.26 Å². The number of nitrogens with one attached hydrogen (secondary N) is 4. The molecule has 0 atom stereocenters. The number of aromatic nitrogens is 1. The van der Waals surface area contributed by atoms with Crippen LogP contribution in [0.5, 0.6) is 0 Å². The molecular formula is C17H12N6OS. The molecule has 0 bridgehead atoms. The molecule has 2 aromatic carbocycles. The van der Waals surface area contributed by atoms with Crippen LogP contribution in [0.4, 0.5) is 27.0 Å². The molecule has 1 aliphatic rings. The number of carbonyl (C=O) groups excluding carboxylic acids is 1. The first-order chi connectivity index (χ1) is 12.1. The van der Waals surface area contributed by atoms with Gasteiger partial charge in [0.15, 0.2) is 5.13 Å². The molecule has 8 heteroatoms. The second-order valence-corrected chi connectivity index (χ2v) is 6.41. The lowest BCUT2D eigenvalue weighted by Crippen LogP contribution is -2.19. The van der Waals surface area contributed by atoms with Gasteiger partial charge >= 0.3 is 6.03 Å². The molecule has 122 valence electrons. The van der Waals surface area contributed by atoms with Crippen molar-refractivity contribution >= 4 is 49.8 Å². The SMILES string of the molecule is C=C1Nc2ccc(NC(=O)Nc3nc4ccc(C#N)cc4s3)cc2N1. The van der Waals surface area contributed by atoms with Gasteiger partial charge in [-0.2, -0.15) is 5.26 Å². The molecule has 0 saturated carbocycles. The molecule has 0 aliphatic carbocycles. The van der Waals surface area contributed by atoms with Crippen molar-refractivity contribution in [1.82, 2.24) is 4.98 Å². The Morgan fingerprint density at radius 3 is 2.84 bits per heavy atom. The Balaban J connectivity index is 1.48. The minimum absolute atomic E-state index is 0.385. The molecule has 1 aliphatic heterocycles. The molecule has 4 rings (SSSR count). The summed E-state index contributed by atoms with van der Waals surface area (Å²) in [5.41, 5.74) is 3.72. The predicted octanol–water partition coefficient (Wildman–Crippen LogP) is 4.12. The van der Waals surface area contributed by atoms with E-state index >= 15 is 0 Å². The summed E-state index contributed by atoms with van der Waals surface area (Å²) in [6, 6.07) is 12.4. The molecule has 1 aromatic heterocycles. The Bertz CT molecular complexity index is 1060. The minimum Gasteiger partial charge on any atom is -0.341 e. The summed E-state index contributed by atoms with van der Waals surface area (Å²) in [5.74, 6) is 0.697. The molecule has 3 aromatic rings. The maximum absolute atomic E-state index is 12.2. The van der Waals surface area contributed by atoms with E-state index in [0.717, 1.165) is 21.6 Å². The highest BCUT2D eigenvalue weighted by Crippen LogP contribution is 2.32. The summed E-state index contributed by atoms with van der Waals surface area (Å²) in [6.45, 7) is 3.80. The summed E-state index contributed by atoms with van der Waals surface area (Å²) in [4.78, 5) is 16.5. The number of urea groups is 1. The Morgan fingerprint density at radius 1 is 1.16 bits per heavy atom. The van der Waals surface area contributed by atoms with Crippen LogP contribution < -0.4 is 21.3 Å². The number of rotatable bonds is 2. The zero-order valence-corrected chi connectivity index (χ0v) is 13.7. The summed E-state index contributed by atoms with van der Waals surface area (Å²) < 4.78 is 0.848. The number of hydrogen-bond donors (Lipinski definition) is 4. The van der Waals surface area contributed by atoms with Crippen LogP contribution in [-0.4, -0.2) is 11.0 Å². The van der Waals surface area contributed by atoms with Gasteiger partial charge in [-0.25, -0.2) is 9.78 Å². The third-order valence-electron chi connectivity index (χ3n) is 3.59. The number of fused-ring (bicyclic) bond motifs is 2. The van der Waals surface area contributed by atoms with E-state index in [4.69, 9.17) is 5.26 Å². The van der Waals surface area contributed by atoms with E-state index in [0.29, 0.717) is 22.2 Å². The smallest absolute Gasteiger partial charge is 0.325 e. The zero-order valence-electron chi connectivity index (χ0n) is 12.9. The van der Waals surface area contributed by atoms with Gasteiger partial charge in [0.2, 0.25) is 0 Å². The molecule has 4 N–H and O–H groups in total. The van der Waals surface area contributed by atoms with E-state index in [1.165, 1.54) is 11.3 Å². The van der Waals surface area contributed by atoms with Crippen LogP contribution in [0.25, 0.3) is 10.2 Å². The van der Waals surface area contributed by atoms with Gasteiger partial charge in [-0.05, 0) is 36.4 Å². The Kier molecular flexibility index (Phi) is 3.48. The molecule has 25 heavy (non-hydrogen) atoms. The largest absolute Gasteiger partial charge is 0.341 e. The number of nitriles is 1. The van der Waals surface area contributed by atoms with Crippen molar-refractivity contribution in [3.05, 3.63) is 54.4 Å². The van der Waals surface area contributed by atoms with Gasteiger partial charge in [-0.15, -0.1) is 0 Å². The van der Waals surface area contributed by atoms with E-state index in [1.807, 2.05) is 12.1 Å². The molecule has 2 amide bonds. The Morgan fingerprint density at radius 2 is 2.00 bits per heavy atom. The standard InChI is InChI=1S/C17H12N6OS/c1-9-19-12-5-3-11(7-14(12)20-9)21-16(24)23-17-22-13-4-2-10(8-18)6-15(13)25-17/h2-7,19-20H,1H2,(H2,21,22,23,24). The highest BCUT2D eigenvalue weighted by Gasteiger charge is 2.14. The molecule has 0 spiro atoms. The third-order valence-corrected chi connectivity index (χ3v) is 4.52. The lowest BCUT2D eigenvalue weighted by atomic mass is 10.2. The molecule has 0 unspecified atom stereocenters. The summed E-state index contributed by atoms with van der Waals surface area (Å²) in [5, 5.41) is 21.0. The monoisotopic (exact) mass is 348 g/mol. The van der Waals surface area contributed by atoms with Crippen LogP contribution in [0.3, 0.4) is 0 Å². The van der Waals surface area contributed by atoms with Crippen molar-refractivity contribution in [3.8, 4) is 6.07 Å². The number of amides is 2. The molecule has 0 fully saturated rings. The molecule has 0 saturated heterocycles. The number of benzene rings is 2. The molecule has 7 nitrogen and oxygen atoms in total. The summed E-state index contributed by atoms with van der Waals surface area (Å²) >= 11 is 1.32. The Hall–Kier alpha value is -3.57. The average Bonchev–Trinajstić information content (AvgIpc) is 3.14. The number of carbonyl (C=O) groups is 1. The van der Waals surface area contributed by atoms with Crippen molar-refractivity contribution in [3.63, 3.8) is 0 Å². The topological polar surface area (TPSA) is 102 Å². The van der Waals surface area contributed by atoms with Crippen LogP contribution in [0.2, 0.25) is 0 Å². The fourth-order valence-electron chi connectivity index (χ4n) is 2.50. The zero-order chi connectivity index (χ0) is 17.4. The fourth-order valence-corrected chi connectivity index (χ4v) is 3.40. The lowest BCUT2D eigenvalue weighted by molar-refractivity contribution is 0.262. The number of hydrogen-bond acceptors (Lipinski definition) is 6. The van der Waals surface area contributed by atoms with Crippen molar-refractivity contribution in [2.45, 2.75) is 0 Å². The Labute approximate surface area is 147 Å². The van der Waals surface area contributed by atoms with Crippen molar-refractivity contribution in [2.75, 3.05) is 21.3 Å². The fraction of sp³-hybridized carbons (Fsp3) is 0. The third kappa shape index (κ3) is 2.96. The van der Waals surface area contributed by atoms with E-state index in [-0.39, 0.29) is 6.03 Å². The highest BCUT2D eigenvalue weighted by atomic mass is 32.1. The molecule has 0 radical (unpaired) electrons. The number of nitrogens with zero attached hydrogens (tertiary/aromatic N) is 2. The van der Waals surface area contributed by atoms with E-state index in [2.05, 4.69) is 38.9 Å². The lowest BCUT2D eigenvalue weighted by Gasteiger charge is -2.06. The van der Waals surface area contributed by atoms with Crippen molar-refractivity contribution in [2.24, 2.45) is 0 Å². The number of thiazole rings is 1. The molecule has 2 heterocycles. The van der Waals surface area contributed by atoms with Crippen LogP contribution in [0.1, 0.15) is 5.56 Å².